The summed E-state index contributed by atoms with van der Waals surface area (Å²) in [7, 11) is 3.94. The first-order chi connectivity index (χ1) is 10.6. The maximum atomic E-state index is 12.3. The number of hydrogen-bond donors (Lipinski definition) is 1. The van der Waals surface area contributed by atoms with Crippen LogP contribution in [0.2, 0.25) is 0 Å². The highest BCUT2D eigenvalue weighted by Gasteiger charge is 2.27. The summed E-state index contributed by atoms with van der Waals surface area (Å²) in [6.45, 7) is 0.207. The highest BCUT2D eigenvalue weighted by molar-refractivity contribution is 5.94. The van der Waals surface area contributed by atoms with E-state index in [1.54, 1.807) is 6.07 Å². The molecular weight excluding hydrogens is 280 g/mol. The third kappa shape index (κ3) is 2.98. The molecule has 0 radical (unpaired) electrons. The Morgan fingerprint density at radius 3 is 2.45 bits per heavy atom. The molecular formula is C17H18N2O3. The fourth-order valence-corrected chi connectivity index (χ4v) is 2.21. The van der Waals surface area contributed by atoms with E-state index in [0.29, 0.717) is 11.5 Å². The van der Waals surface area contributed by atoms with Crippen LogP contribution in [-0.4, -0.2) is 32.7 Å². The number of carbonyl (C=O) groups excluding carboxylic acids is 1. The summed E-state index contributed by atoms with van der Waals surface area (Å²) in [5.74, 6) is 1.05. The number of para-hydroxylation sites is 2. The van der Waals surface area contributed by atoms with Gasteiger partial charge in [0.05, 0.1) is 0 Å². The molecule has 5 nitrogen and oxygen atoms in total. The summed E-state index contributed by atoms with van der Waals surface area (Å²) in [6.07, 6.45) is -0.650. The normalized spacial score (nSPS) is 16.0. The molecule has 1 aliphatic heterocycles. The number of hydrogen-bond acceptors (Lipinski definition) is 4. The number of fused-ring (bicyclic) bond motifs is 1. The van der Waals surface area contributed by atoms with Gasteiger partial charge in [0.25, 0.3) is 5.91 Å². The molecule has 1 atom stereocenters. The van der Waals surface area contributed by atoms with Gasteiger partial charge in [-0.15, -0.1) is 0 Å². The number of nitrogens with one attached hydrogen (secondary N) is 1. The molecule has 5 heteroatoms. The average Bonchev–Trinajstić information content (AvgIpc) is 2.55. The molecule has 0 aliphatic carbocycles. The monoisotopic (exact) mass is 298 g/mol. The number of carbonyl (C=O) groups is 1. The summed E-state index contributed by atoms with van der Waals surface area (Å²) >= 11 is 0. The Labute approximate surface area is 129 Å². The van der Waals surface area contributed by atoms with Crippen LogP contribution in [0.4, 0.5) is 11.4 Å². The third-order valence-corrected chi connectivity index (χ3v) is 3.45. The van der Waals surface area contributed by atoms with Crippen LogP contribution in [-0.2, 0) is 4.79 Å². The van der Waals surface area contributed by atoms with Gasteiger partial charge in [0.1, 0.15) is 6.61 Å². The number of nitrogens with zero attached hydrogens (tertiary/aromatic N) is 1. The van der Waals surface area contributed by atoms with Crippen molar-refractivity contribution >= 4 is 17.3 Å². The summed E-state index contributed by atoms with van der Waals surface area (Å²) in [4.78, 5) is 14.3. The van der Waals surface area contributed by atoms with Gasteiger partial charge in [-0.2, -0.15) is 0 Å². The zero-order valence-electron chi connectivity index (χ0n) is 12.6. The molecule has 1 aliphatic rings. The van der Waals surface area contributed by atoms with Gasteiger partial charge in [-0.05, 0) is 36.4 Å². The smallest absolute Gasteiger partial charge is 0.269 e. The van der Waals surface area contributed by atoms with Gasteiger partial charge in [-0.3, -0.25) is 4.79 Å². The minimum absolute atomic E-state index is 0.207. The van der Waals surface area contributed by atoms with Crippen molar-refractivity contribution in [2.45, 2.75) is 6.10 Å². The molecule has 22 heavy (non-hydrogen) atoms. The topological polar surface area (TPSA) is 50.8 Å². The number of benzene rings is 2. The molecule has 114 valence electrons. The van der Waals surface area contributed by atoms with E-state index in [1.807, 2.05) is 61.5 Å². The fourth-order valence-electron chi connectivity index (χ4n) is 2.21. The molecule has 0 saturated heterocycles. The summed E-state index contributed by atoms with van der Waals surface area (Å²) in [5, 5.41) is 2.85. The summed E-state index contributed by atoms with van der Waals surface area (Å²) < 4.78 is 11.2. The molecule has 0 saturated carbocycles. The zero-order chi connectivity index (χ0) is 15.5. The van der Waals surface area contributed by atoms with Crippen molar-refractivity contribution in [3.05, 3.63) is 48.5 Å². The molecule has 0 aromatic heterocycles. The fraction of sp³-hybridized carbons (Fsp3) is 0.235. The minimum Gasteiger partial charge on any atom is -0.485 e. The molecule has 0 bridgehead atoms. The maximum absolute atomic E-state index is 12.3. The zero-order valence-corrected chi connectivity index (χ0v) is 12.6. The standard InChI is InChI=1S/C17H18N2O3/c1-19(2)13-9-7-12(8-10-13)18-17(20)16-11-21-14-5-3-4-6-15(14)22-16/h3-10,16H,11H2,1-2H3,(H,18,20)/t16-/m1/s1. The van der Waals surface area contributed by atoms with E-state index < -0.39 is 6.10 Å². The van der Waals surface area contributed by atoms with Gasteiger partial charge in [0, 0.05) is 25.5 Å². The lowest BCUT2D eigenvalue weighted by Crippen LogP contribution is -2.40. The molecule has 3 rings (SSSR count). The average molecular weight is 298 g/mol. The van der Waals surface area contributed by atoms with Gasteiger partial charge >= 0.3 is 0 Å². The van der Waals surface area contributed by atoms with E-state index in [4.69, 9.17) is 9.47 Å². The Kier molecular flexibility index (Phi) is 3.87. The van der Waals surface area contributed by atoms with Gasteiger partial charge < -0.3 is 19.7 Å². The van der Waals surface area contributed by atoms with Crippen LogP contribution in [0.15, 0.2) is 48.5 Å². The molecule has 0 spiro atoms. The van der Waals surface area contributed by atoms with Crippen molar-refractivity contribution in [1.29, 1.82) is 0 Å². The quantitative estimate of drug-likeness (QED) is 0.946. The van der Waals surface area contributed by atoms with Crippen molar-refractivity contribution in [2.24, 2.45) is 0 Å². The first-order valence-electron chi connectivity index (χ1n) is 7.10. The molecule has 2 aromatic carbocycles. The lowest BCUT2D eigenvalue weighted by Gasteiger charge is -2.25. The number of amides is 1. The Morgan fingerprint density at radius 2 is 1.77 bits per heavy atom. The van der Waals surface area contributed by atoms with Crippen molar-refractivity contribution in [2.75, 3.05) is 30.9 Å². The summed E-state index contributed by atoms with van der Waals surface area (Å²) in [6, 6.07) is 15.0. The first kappa shape index (κ1) is 14.3. The van der Waals surface area contributed by atoms with E-state index in [0.717, 1.165) is 11.4 Å². The number of ether oxygens (including phenoxy) is 2. The van der Waals surface area contributed by atoms with Crippen LogP contribution in [0.3, 0.4) is 0 Å². The second-order valence-electron chi connectivity index (χ2n) is 5.29. The van der Waals surface area contributed by atoms with Crippen molar-refractivity contribution in [1.82, 2.24) is 0 Å². The van der Waals surface area contributed by atoms with Crippen LogP contribution in [0.5, 0.6) is 11.5 Å². The molecule has 0 unspecified atom stereocenters. The Morgan fingerprint density at radius 1 is 1.09 bits per heavy atom. The highest BCUT2D eigenvalue weighted by atomic mass is 16.6. The highest BCUT2D eigenvalue weighted by Crippen LogP contribution is 2.31. The molecule has 0 fully saturated rings. The first-order valence-corrected chi connectivity index (χ1v) is 7.10. The Hall–Kier alpha value is -2.69. The van der Waals surface area contributed by atoms with Crippen LogP contribution in [0.25, 0.3) is 0 Å². The Balaban J connectivity index is 1.65. The van der Waals surface area contributed by atoms with Crippen LogP contribution in [0, 0.1) is 0 Å². The van der Waals surface area contributed by atoms with E-state index >= 15 is 0 Å². The third-order valence-electron chi connectivity index (χ3n) is 3.45. The molecule has 1 heterocycles. The largest absolute Gasteiger partial charge is 0.485 e. The van der Waals surface area contributed by atoms with Gasteiger partial charge in [-0.25, -0.2) is 0 Å². The van der Waals surface area contributed by atoms with Gasteiger partial charge in [0.15, 0.2) is 11.5 Å². The minimum atomic E-state index is -0.650. The SMILES string of the molecule is CN(C)c1ccc(NC(=O)[C@H]2COc3ccccc3O2)cc1. The van der Waals surface area contributed by atoms with Gasteiger partial charge in [-0.1, -0.05) is 12.1 Å². The van der Waals surface area contributed by atoms with Crippen LogP contribution >= 0.6 is 0 Å². The molecule has 1 amide bonds. The lowest BCUT2D eigenvalue weighted by molar-refractivity contribution is -0.125. The second-order valence-corrected chi connectivity index (χ2v) is 5.29. The Bertz CT molecular complexity index is 668. The van der Waals surface area contributed by atoms with Crippen LogP contribution in [0.1, 0.15) is 0 Å². The van der Waals surface area contributed by atoms with Crippen LogP contribution < -0.4 is 19.7 Å². The van der Waals surface area contributed by atoms with E-state index in [9.17, 15) is 4.79 Å². The van der Waals surface area contributed by atoms with Crippen molar-refractivity contribution < 1.29 is 14.3 Å². The number of rotatable bonds is 3. The summed E-state index contributed by atoms with van der Waals surface area (Å²) in [5.41, 5.74) is 1.81. The van der Waals surface area contributed by atoms with Crippen molar-refractivity contribution in [3.8, 4) is 11.5 Å². The van der Waals surface area contributed by atoms with Gasteiger partial charge in [0.2, 0.25) is 6.10 Å². The predicted molar refractivity (Wildman–Crippen MR) is 85.8 cm³/mol. The maximum Gasteiger partial charge on any atom is 0.269 e. The number of anilines is 2. The lowest BCUT2D eigenvalue weighted by atomic mass is 10.2. The second kappa shape index (κ2) is 5.97. The predicted octanol–water partition coefficient (Wildman–Crippen LogP) is 2.53. The van der Waals surface area contributed by atoms with E-state index in [1.165, 1.54) is 0 Å². The van der Waals surface area contributed by atoms with E-state index in [-0.39, 0.29) is 12.5 Å². The van der Waals surface area contributed by atoms with Crippen molar-refractivity contribution in [3.63, 3.8) is 0 Å². The molecule has 1 N–H and O–H groups in total. The molecule has 2 aromatic rings. The van der Waals surface area contributed by atoms with E-state index in [2.05, 4.69) is 5.32 Å².